The Hall–Kier alpha value is -1.80. The summed E-state index contributed by atoms with van der Waals surface area (Å²) in [5.74, 6) is 0.938. The molecule has 0 atom stereocenters. The van der Waals surface area contributed by atoms with Crippen molar-refractivity contribution in [1.29, 1.82) is 0 Å². The number of methoxy groups -OCH3 is 2. The molecule has 3 aromatic rings. The monoisotopic (exact) mass is 450 g/mol. The molecule has 152 valence electrons. The minimum absolute atomic E-state index is 0.382. The number of ether oxygens (including phenoxy) is 2. The first-order chi connectivity index (χ1) is 14.0. The molecule has 1 aliphatic carbocycles. The number of aromatic nitrogens is 3. The van der Waals surface area contributed by atoms with Crippen LogP contribution in [-0.4, -0.2) is 41.5 Å². The van der Waals surface area contributed by atoms with Crippen molar-refractivity contribution in [3.8, 4) is 22.8 Å². The predicted octanol–water partition coefficient (Wildman–Crippen LogP) is 4.99. The van der Waals surface area contributed by atoms with Crippen molar-refractivity contribution >= 4 is 45.9 Å². The lowest BCUT2D eigenvalue weighted by molar-refractivity contribution is 0.395. The second kappa shape index (κ2) is 8.52. The number of nitrogens with one attached hydrogen (secondary N) is 1. The maximum absolute atomic E-state index is 6.61. The van der Waals surface area contributed by atoms with Crippen LogP contribution in [0.2, 0.25) is 10.0 Å². The Bertz CT molecular complexity index is 1050. The van der Waals surface area contributed by atoms with Crippen molar-refractivity contribution in [2.24, 2.45) is 0 Å². The maximum Gasteiger partial charge on any atom is 0.187 e. The van der Waals surface area contributed by atoms with E-state index in [-0.39, 0.29) is 0 Å². The average Bonchev–Trinajstić information content (AvgIpc) is 3.56. The minimum atomic E-state index is 0.382. The highest BCUT2D eigenvalue weighted by atomic mass is 35.5. The lowest BCUT2D eigenvalue weighted by Crippen LogP contribution is -2.17. The van der Waals surface area contributed by atoms with Gasteiger partial charge in [-0.1, -0.05) is 35.0 Å². The van der Waals surface area contributed by atoms with E-state index in [0.717, 1.165) is 16.6 Å². The summed E-state index contributed by atoms with van der Waals surface area (Å²) in [5, 5.41) is 5.85. The van der Waals surface area contributed by atoms with E-state index in [4.69, 9.17) is 37.7 Å². The Balaban J connectivity index is 1.92. The second-order valence-electron chi connectivity index (χ2n) is 6.69. The molecule has 4 rings (SSSR count). The van der Waals surface area contributed by atoms with Crippen LogP contribution in [0.15, 0.2) is 23.5 Å². The number of rotatable bonds is 7. The fraction of sp³-hybridized carbons (Fsp3) is 0.350. The zero-order chi connectivity index (χ0) is 20.5. The highest BCUT2D eigenvalue weighted by Gasteiger charge is 2.23. The van der Waals surface area contributed by atoms with E-state index < -0.39 is 0 Å². The van der Waals surface area contributed by atoms with Crippen LogP contribution in [0.1, 0.15) is 18.5 Å². The second-order valence-corrected chi connectivity index (χ2v) is 8.22. The van der Waals surface area contributed by atoms with Gasteiger partial charge in [-0.3, -0.25) is 0 Å². The molecule has 2 heterocycles. The Kier molecular flexibility index (Phi) is 6.01. The minimum Gasteiger partial charge on any atom is -0.495 e. The van der Waals surface area contributed by atoms with Crippen molar-refractivity contribution in [3.63, 3.8) is 0 Å². The summed E-state index contributed by atoms with van der Waals surface area (Å²) in [6.45, 7) is 0.607. The third-order valence-electron chi connectivity index (χ3n) is 4.76. The molecule has 0 saturated heterocycles. The van der Waals surface area contributed by atoms with Crippen molar-refractivity contribution in [3.05, 3.63) is 34.1 Å². The number of fused-ring (bicyclic) bond motifs is 1. The fourth-order valence-electron chi connectivity index (χ4n) is 3.08. The number of hydrogen-bond donors (Lipinski definition) is 1. The molecular weight excluding hydrogens is 431 g/mol. The molecular formula is C20H20Cl2N4O2S. The molecule has 6 nitrogen and oxygen atoms in total. The highest BCUT2D eigenvalue weighted by Crippen LogP contribution is 2.46. The Labute approximate surface area is 183 Å². The maximum atomic E-state index is 6.61. The number of benzene rings is 1. The largest absolute Gasteiger partial charge is 0.495 e. The fourth-order valence-corrected chi connectivity index (χ4v) is 4.11. The quantitative estimate of drug-likeness (QED) is 0.401. The molecule has 0 radical (unpaired) electrons. The van der Waals surface area contributed by atoms with Crippen LogP contribution in [0, 0.1) is 0 Å². The summed E-state index contributed by atoms with van der Waals surface area (Å²) < 4.78 is 10.8. The molecule has 1 aromatic carbocycles. The zero-order valence-corrected chi connectivity index (χ0v) is 18.6. The van der Waals surface area contributed by atoms with Gasteiger partial charge in [0.05, 0.1) is 41.2 Å². The van der Waals surface area contributed by atoms with Crippen LogP contribution in [0.5, 0.6) is 11.5 Å². The molecule has 1 N–H and O–H groups in total. The zero-order valence-electron chi connectivity index (χ0n) is 16.3. The van der Waals surface area contributed by atoms with Gasteiger partial charge in [-0.2, -0.15) is 0 Å². The number of hydrogen-bond acceptors (Lipinski definition) is 7. The summed E-state index contributed by atoms with van der Waals surface area (Å²) >= 11 is 14.7. The smallest absolute Gasteiger partial charge is 0.187 e. The molecule has 1 fully saturated rings. The van der Waals surface area contributed by atoms with Gasteiger partial charge in [0, 0.05) is 35.8 Å². The number of halogens is 2. The standard InChI is InChI=1S/C20H20Cl2N4O2S/c1-27-14-7-15(28-2)18(22)16(17(14)21)12-6-10-8-24-20(29-3)26-19(10)13(25-12)9-23-11-4-5-11/h6-8,11,23H,4-5,9H2,1-3H3. The van der Waals surface area contributed by atoms with E-state index in [0.29, 0.717) is 50.5 Å². The van der Waals surface area contributed by atoms with E-state index in [2.05, 4.69) is 15.3 Å². The first kappa shape index (κ1) is 20.5. The van der Waals surface area contributed by atoms with Gasteiger partial charge < -0.3 is 14.8 Å². The van der Waals surface area contributed by atoms with E-state index in [9.17, 15) is 0 Å². The highest BCUT2D eigenvalue weighted by molar-refractivity contribution is 7.98. The summed E-state index contributed by atoms with van der Waals surface area (Å²) in [6, 6.07) is 4.10. The van der Waals surface area contributed by atoms with Gasteiger partial charge in [0.25, 0.3) is 0 Å². The summed E-state index contributed by atoms with van der Waals surface area (Å²) in [7, 11) is 3.10. The van der Waals surface area contributed by atoms with Crippen LogP contribution in [0.25, 0.3) is 22.2 Å². The van der Waals surface area contributed by atoms with Gasteiger partial charge in [-0.05, 0) is 25.2 Å². The van der Waals surface area contributed by atoms with E-state index >= 15 is 0 Å². The number of nitrogens with zero attached hydrogens (tertiary/aromatic N) is 3. The van der Waals surface area contributed by atoms with Gasteiger partial charge in [0.15, 0.2) is 5.16 Å². The molecule has 1 aliphatic rings. The molecule has 0 aliphatic heterocycles. The molecule has 0 amide bonds. The van der Waals surface area contributed by atoms with Crippen molar-refractivity contribution in [2.45, 2.75) is 30.6 Å². The number of thioether (sulfide) groups is 1. The van der Waals surface area contributed by atoms with Crippen molar-refractivity contribution in [1.82, 2.24) is 20.3 Å². The van der Waals surface area contributed by atoms with Crippen molar-refractivity contribution in [2.75, 3.05) is 20.5 Å². The third-order valence-corrected chi connectivity index (χ3v) is 6.08. The molecule has 9 heteroatoms. The summed E-state index contributed by atoms with van der Waals surface area (Å²) in [6.07, 6.45) is 6.13. The van der Waals surface area contributed by atoms with E-state index in [1.165, 1.54) is 24.6 Å². The molecule has 2 aromatic heterocycles. The van der Waals surface area contributed by atoms with Crippen LogP contribution in [-0.2, 0) is 6.54 Å². The van der Waals surface area contributed by atoms with E-state index in [1.54, 1.807) is 26.5 Å². The lowest BCUT2D eigenvalue weighted by Gasteiger charge is -2.16. The SMILES string of the molecule is COc1cc(OC)c(Cl)c(-c2cc3cnc(SC)nc3c(CNC3CC3)n2)c1Cl. The average molecular weight is 451 g/mol. The molecule has 1 saturated carbocycles. The Morgan fingerprint density at radius 1 is 1.10 bits per heavy atom. The van der Waals surface area contributed by atoms with Crippen LogP contribution >= 0.6 is 35.0 Å². The third kappa shape index (κ3) is 4.10. The molecule has 0 spiro atoms. The molecule has 0 unspecified atom stereocenters. The normalized spacial score (nSPS) is 13.7. The van der Waals surface area contributed by atoms with Crippen LogP contribution in [0.4, 0.5) is 0 Å². The van der Waals surface area contributed by atoms with Gasteiger partial charge in [0.2, 0.25) is 0 Å². The first-order valence-corrected chi connectivity index (χ1v) is 11.1. The topological polar surface area (TPSA) is 69.2 Å². The summed E-state index contributed by atoms with van der Waals surface area (Å²) in [4.78, 5) is 14.0. The Morgan fingerprint density at radius 2 is 1.79 bits per heavy atom. The predicted molar refractivity (Wildman–Crippen MR) is 118 cm³/mol. The summed E-state index contributed by atoms with van der Waals surface area (Å²) in [5.41, 5.74) is 2.84. The van der Waals surface area contributed by atoms with Crippen LogP contribution < -0.4 is 14.8 Å². The van der Waals surface area contributed by atoms with Gasteiger partial charge in [-0.15, -0.1) is 0 Å². The van der Waals surface area contributed by atoms with Crippen molar-refractivity contribution < 1.29 is 9.47 Å². The number of pyridine rings is 1. The van der Waals surface area contributed by atoms with Crippen LogP contribution in [0.3, 0.4) is 0 Å². The van der Waals surface area contributed by atoms with Gasteiger partial charge in [-0.25, -0.2) is 15.0 Å². The van der Waals surface area contributed by atoms with Gasteiger partial charge in [0.1, 0.15) is 11.5 Å². The van der Waals surface area contributed by atoms with E-state index in [1.807, 2.05) is 12.3 Å². The Morgan fingerprint density at radius 3 is 2.38 bits per heavy atom. The molecule has 29 heavy (non-hydrogen) atoms. The molecule has 0 bridgehead atoms. The first-order valence-electron chi connectivity index (χ1n) is 9.10. The van der Waals surface area contributed by atoms with Gasteiger partial charge >= 0.3 is 0 Å². The lowest BCUT2D eigenvalue weighted by atomic mass is 10.1.